The molecular formula is C41H54P2. The van der Waals surface area contributed by atoms with Crippen molar-refractivity contribution < 1.29 is 0 Å². The normalized spacial score (nSPS) is 11.8. The zero-order chi connectivity index (χ0) is 31.7. The van der Waals surface area contributed by atoms with Crippen LogP contribution in [0.2, 0.25) is 0 Å². The van der Waals surface area contributed by atoms with Gasteiger partial charge in [0, 0.05) is 5.40 Å². The Balaban J connectivity index is 2.16. The van der Waals surface area contributed by atoms with Crippen LogP contribution < -0.4 is 21.2 Å². The molecular weight excluding hydrogens is 554 g/mol. The van der Waals surface area contributed by atoms with E-state index in [4.69, 9.17) is 0 Å². The third-order valence-electron chi connectivity index (χ3n) is 10.6. The van der Waals surface area contributed by atoms with E-state index in [-0.39, 0.29) is 0 Å². The molecule has 0 atom stereocenters. The first kappa shape index (κ1) is 33.6. The molecule has 4 aromatic rings. The molecule has 0 aromatic heterocycles. The lowest BCUT2D eigenvalue weighted by Crippen LogP contribution is -2.32. The summed E-state index contributed by atoms with van der Waals surface area (Å²) in [7, 11) is -1.28. The van der Waals surface area contributed by atoms with Crippen LogP contribution in [-0.4, -0.2) is 5.40 Å². The van der Waals surface area contributed by atoms with E-state index in [1.807, 2.05) is 0 Å². The Morgan fingerprint density at radius 2 is 0.651 bits per heavy atom. The summed E-state index contributed by atoms with van der Waals surface area (Å²) < 4.78 is 0. The number of hydrogen-bond donors (Lipinski definition) is 0. The van der Waals surface area contributed by atoms with E-state index < -0.39 is 15.8 Å². The molecule has 228 valence electrons. The van der Waals surface area contributed by atoms with E-state index in [2.05, 4.69) is 139 Å². The quantitative estimate of drug-likeness (QED) is 0.166. The van der Waals surface area contributed by atoms with Gasteiger partial charge >= 0.3 is 0 Å². The molecule has 0 unspecified atom stereocenters. The molecule has 2 heteroatoms. The van der Waals surface area contributed by atoms with Crippen LogP contribution in [0.3, 0.4) is 0 Å². The minimum Gasteiger partial charge on any atom is -0.0654 e. The molecule has 0 aliphatic carbocycles. The van der Waals surface area contributed by atoms with E-state index in [1.54, 1.807) is 21.2 Å². The van der Waals surface area contributed by atoms with Gasteiger partial charge < -0.3 is 0 Å². The molecule has 4 rings (SSSR count). The maximum atomic E-state index is 2.50. The van der Waals surface area contributed by atoms with Crippen molar-refractivity contribution in [2.45, 2.75) is 115 Å². The van der Waals surface area contributed by atoms with Gasteiger partial charge in [-0.3, -0.25) is 0 Å². The van der Waals surface area contributed by atoms with Crippen LogP contribution in [0.1, 0.15) is 92.9 Å². The summed E-state index contributed by atoms with van der Waals surface area (Å²) in [6.07, 6.45) is 3.72. The van der Waals surface area contributed by atoms with Crippen LogP contribution in [-0.2, 0) is 0 Å². The van der Waals surface area contributed by atoms with Crippen molar-refractivity contribution in [2.75, 3.05) is 0 Å². The molecule has 4 aromatic carbocycles. The predicted molar refractivity (Wildman–Crippen MR) is 198 cm³/mol. The molecule has 0 nitrogen and oxygen atoms in total. The van der Waals surface area contributed by atoms with Crippen LogP contribution >= 0.6 is 15.8 Å². The van der Waals surface area contributed by atoms with Gasteiger partial charge in [0.05, 0.1) is 0 Å². The second-order valence-corrected chi connectivity index (χ2v) is 18.0. The molecule has 43 heavy (non-hydrogen) atoms. The first-order valence-electron chi connectivity index (χ1n) is 16.2. The van der Waals surface area contributed by atoms with Crippen molar-refractivity contribution in [2.24, 2.45) is 0 Å². The van der Waals surface area contributed by atoms with Gasteiger partial charge in [0.25, 0.3) is 0 Å². The van der Waals surface area contributed by atoms with Gasteiger partial charge in [0.1, 0.15) is 0 Å². The Morgan fingerprint density at radius 3 is 0.884 bits per heavy atom. The number of benzene rings is 4. The number of hydrogen-bond acceptors (Lipinski definition) is 0. The molecule has 0 spiro atoms. The minimum absolute atomic E-state index is 0.535. The Bertz CT molecular complexity index is 1410. The summed E-state index contributed by atoms with van der Waals surface area (Å²) in [5.41, 5.74) is 17.4. The summed E-state index contributed by atoms with van der Waals surface area (Å²) in [6.45, 7) is 30.4. The van der Waals surface area contributed by atoms with Crippen molar-refractivity contribution in [3.05, 3.63) is 115 Å². The highest BCUT2D eigenvalue weighted by Gasteiger charge is 2.37. The molecule has 0 aliphatic rings. The molecule has 0 amide bonds. The highest BCUT2D eigenvalue weighted by atomic mass is 31.2. The van der Waals surface area contributed by atoms with Crippen molar-refractivity contribution >= 4 is 37.1 Å². The highest BCUT2D eigenvalue weighted by molar-refractivity contribution is 7.89. The van der Waals surface area contributed by atoms with E-state index in [1.165, 1.54) is 86.0 Å². The summed E-state index contributed by atoms with van der Waals surface area (Å²) in [5.74, 6) is 0. The Labute approximate surface area is 266 Å². The smallest absolute Gasteiger partial charge is 0.0155 e. The first-order valence-corrected chi connectivity index (χ1v) is 19.0. The van der Waals surface area contributed by atoms with E-state index >= 15 is 0 Å². The van der Waals surface area contributed by atoms with Gasteiger partial charge in [-0.25, -0.2) is 0 Å². The molecule has 0 N–H and O–H groups in total. The zero-order valence-corrected chi connectivity index (χ0v) is 31.0. The summed E-state index contributed by atoms with van der Waals surface area (Å²) in [5, 5.41) is 6.87. The fourth-order valence-corrected chi connectivity index (χ4v) is 14.6. The van der Waals surface area contributed by atoms with Crippen molar-refractivity contribution in [1.29, 1.82) is 0 Å². The maximum absolute atomic E-state index is 2.50. The fourth-order valence-electron chi connectivity index (χ4n) is 6.47. The SMILES string of the molecule is CCCCC(P(c1ccc(C)c(C)c1C)c1ccc(C)c(C)c1C)P(c1ccc(C)c(C)c1C)c1ccc(C)c(C)c1C. The molecule has 0 heterocycles. The van der Waals surface area contributed by atoms with Gasteiger partial charge in [-0.1, -0.05) is 68.3 Å². The lowest BCUT2D eigenvalue weighted by molar-refractivity contribution is 0.759. The largest absolute Gasteiger partial charge is 0.0654 e. The lowest BCUT2D eigenvalue weighted by atomic mass is 10.0. The zero-order valence-electron chi connectivity index (χ0n) is 29.2. The monoisotopic (exact) mass is 608 g/mol. The number of aryl methyl sites for hydroxylation is 4. The molecule has 0 fully saturated rings. The van der Waals surface area contributed by atoms with Gasteiger partial charge in [-0.2, -0.15) is 0 Å². The molecule has 0 radical (unpaired) electrons. The molecule has 0 saturated heterocycles. The average Bonchev–Trinajstić information content (AvgIpc) is 2.98. The Kier molecular flexibility index (Phi) is 10.8. The van der Waals surface area contributed by atoms with Crippen LogP contribution in [0.15, 0.2) is 48.5 Å². The van der Waals surface area contributed by atoms with Crippen LogP contribution in [0.25, 0.3) is 0 Å². The van der Waals surface area contributed by atoms with Gasteiger partial charge in [-0.15, -0.1) is 0 Å². The minimum atomic E-state index is -0.642. The third kappa shape index (κ3) is 6.44. The van der Waals surface area contributed by atoms with Crippen LogP contribution in [0.4, 0.5) is 0 Å². The van der Waals surface area contributed by atoms with E-state index in [0.717, 1.165) is 0 Å². The number of unbranched alkanes of at least 4 members (excludes halogenated alkanes) is 1. The van der Waals surface area contributed by atoms with E-state index in [9.17, 15) is 0 Å². The van der Waals surface area contributed by atoms with Crippen LogP contribution in [0.5, 0.6) is 0 Å². The second-order valence-electron chi connectivity index (χ2n) is 13.0. The second kappa shape index (κ2) is 13.8. The van der Waals surface area contributed by atoms with Crippen molar-refractivity contribution in [3.8, 4) is 0 Å². The first-order chi connectivity index (χ1) is 20.3. The Hall–Kier alpha value is -2.26. The van der Waals surface area contributed by atoms with Crippen molar-refractivity contribution in [3.63, 3.8) is 0 Å². The van der Waals surface area contributed by atoms with E-state index in [0.29, 0.717) is 5.40 Å². The topological polar surface area (TPSA) is 0 Å². The average molecular weight is 609 g/mol. The van der Waals surface area contributed by atoms with Gasteiger partial charge in [-0.05, 0) is 193 Å². The highest BCUT2D eigenvalue weighted by Crippen LogP contribution is 2.60. The van der Waals surface area contributed by atoms with Crippen molar-refractivity contribution in [1.82, 2.24) is 0 Å². The summed E-state index contributed by atoms with van der Waals surface area (Å²) in [6, 6.07) is 19.6. The maximum Gasteiger partial charge on any atom is 0.0155 e. The number of rotatable bonds is 9. The molecule has 0 bridgehead atoms. The summed E-state index contributed by atoms with van der Waals surface area (Å²) in [4.78, 5) is 0. The van der Waals surface area contributed by atoms with Gasteiger partial charge in [0.2, 0.25) is 0 Å². The molecule has 0 aliphatic heterocycles. The van der Waals surface area contributed by atoms with Gasteiger partial charge in [0.15, 0.2) is 0 Å². The predicted octanol–water partition coefficient (Wildman–Crippen LogP) is 10.5. The lowest BCUT2D eigenvalue weighted by Gasteiger charge is -2.39. The Morgan fingerprint density at radius 1 is 0.395 bits per heavy atom. The summed E-state index contributed by atoms with van der Waals surface area (Å²) >= 11 is 0. The third-order valence-corrected chi connectivity index (χ3v) is 17.7. The fraction of sp³-hybridized carbons (Fsp3) is 0.415. The van der Waals surface area contributed by atoms with Crippen LogP contribution in [0, 0.1) is 83.1 Å². The molecule has 0 saturated carbocycles. The standard InChI is InChI=1S/C41H54P2/c1-14-15-16-41(42(37-21-17-25(2)29(6)33(37)10)38-22-18-26(3)30(7)34(38)11)43(39-23-19-27(4)31(8)35(39)12)40-24-20-28(5)32(9)36(40)13/h17-24,41H,14-16H2,1-13H3.